The van der Waals surface area contributed by atoms with Crippen LogP contribution < -0.4 is 26.0 Å². The first-order valence-corrected chi connectivity index (χ1v) is 9.25. The van der Waals surface area contributed by atoms with Gasteiger partial charge in [0.2, 0.25) is 6.79 Å². The van der Waals surface area contributed by atoms with Crippen LogP contribution in [-0.2, 0) is 17.9 Å². The van der Waals surface area contributed by atoms with E-state index in [1.54, 1.807) is 22.8 Å². The molecule has 0 aliphatic carbocycles. The fourth-order valence-corrected chi connectivity index (χ4v) is 3.28. The summed E-state index contributed by atoms with van der Waals surface area (Å²) in [6.07, 6.45) is 0.797. The Morgan fingerprint density at radius 3 is 2.48 bits per heavy atom. The second-order valence-corrected chi connectivity index (χ2v) is 6.58. The predicted molar refractivity (Wildman–Crippen MR) is 105 cm³/mol. The lowest BCUT2D eigenvalue weighted by molar-refractivity contribution is -0.122. The number of para-hydroxylation sites is 2. The van der Waals surface area contributed by atoms with Crippen molar-refractivity contribution in [2.45, 2.75) is 26.4 Å². The van der Waals surface area contributed by atoms with Crippen molar-refractivity contribution < 1.29 is 19.1 Å². The number of carbonyl (C=O) groups is 2. The second-order valence-electron chi connectivity index (χ2n) is 6.58. The van der Waals surface area contributed by atoms with E-state index in [4.69, 9.17) is 9.47 Å². The van der Waals surface area contributed by atoms with E-state index in [2.05, 4.69) is 10.9 Å². The highest BCUT2D eigenvalue weighted by Crippen LogP contribution is 2.32. The highest BCUT2D eigenvalue weighted by molar-refractivity contribution is 5.96. The van der Waals surface area contributed by atoms with E-state index in [0.717, 1.165) is 11.9 Å². The Balaban J connectivity index is 1.46. The van der Waals surface area contributed by atoms with Crippen LogP contribution in [0.3, 0.4) is 0 Å². The molecule has 1 aliphatic rings. The second kappa shape index (κ2) is 7.70. The molecule has 0 atom stereocenters. The molecule has 150 valence electrons. The van der Waals surface area contributed by atoms with E-state index in [9.17, 15) is 14.4 Å². The lowest BCUT2D eigenvalue weighted by Gasteiger charge is -2.08. The first kappa shape index (κ1) is 18.6. The number of benzene rings is 2. The van der Waals surface area contributed by atoms with Gasteiger partial charge < -0.3 is 9.47 Å². The van der Waals surface area contributed by atoms with Crippen LogP contribution in [-0.4, -0.2) is 27.7 Å². The van der Waals surface area contributed by atoms with Gasteiger partial charge in [0.1, 0.15) is 6.54 Å². The third kappa shape index (κ3) is 3.54. The maximum Gasteiger partial charge on any atom is 0.329 e. The number of hydrogen-bond donors (Lipinski definition) is 2. The molecule has 0 spiro atoms. The van der Waals surface area contributed by atoms with Crippen LogP contribution in [0.4, 0.5) is 0 Å². The predicted octanol–water partition coefficient (Wildman–Crippen LogP) is 1.40. The Morgan fingerprint density at radius 1 is 1.00 bits per heavy atom. The minimum absolute atomic E-state index is 0.109. The molecule has 3 aromatic rings. The fourth-order valence-electron chi connectivity index (χ4n) is 3.28. The molecule has 0 saturated heterocycles. The summed E-state index contributed by atoms with van der Waals surface area (Å²) in [6.45, 7) is 2.45. The molecule has 1 aromatic heterocycles. The number of nitrogens with one attached hydrogen (secondary N) is 2. The number of imidazole rings is 1. The number of aryl methyl sites for hydroxylation is 1. The molecule has 4 rings (SSSR count). The number of ether oxygens (including phenoxy) is 2. The van der Waals surface area contributed by atoms with Gasteiger partial charge in [0.15, 0.2) is 11.5 Å². The largest absolute Gasteiger partial charge is 0.454 e. The van der Waals surface area contributed by atoms with Crippen LogP contribution in [0.5, 0.6) is 11.5 Å². The SMILES string of the molecule is CCCn1c(=O)n(CC(=O)NNC(=O)c2ccc3c(c2)OCO3)c2ccccc21. The summed E-state index contributed by atoms with van der Waals surface area (Å²) in [7, 11) is 0. The number of rotatable bonds is 5. The Labute approximate surface area is 165 Å². The lowest BCUT2D eigenvalue weighted by Crippen LogP contribution is -2.44. The van der Waals surface area contributed by atoms with Crippen LogP contribution in [0.1, 0.15) is 23.7 Å². The van der Waals surface area contributed by atoms with Crippen molar-refractivity contribution in [2.75, 3.05) is 6.79 Å². The molecule has 1 aliphatic heterocycles. The molecule has 29 heavy (non-hydrogen) atoms. The molecule has 2 amide bonds. The monoisotopic (exact) mass is 396 g/mol. The van der Waals surface area contributed by atoms with Gasteiger partial charge in [-0.3, -0.25) is 29.6 Å². The van der Waals surface area contributed by atoms with Crippen molar-refractivity contribution in [1.82, 2.24) is 20.0 Å². The fraction of sp³-hybridized carbons (Fsp3) is 0.250. The smallest absolute Gasteiger partial charge is 0.329 e. The Hall–Kier alpha value is -3.75. The molecule has 2 N–H and O–H groups in total. The van der Waals surface area contributed by atoms with E-state index in [0.29, 0.717) is 29.1 Å². The molecule has 0 bridgehead atoms. The Bertz CT molecular complexity index is 1150. The van der Waals surface area contributed by atoms with Crippen LogP contribution in [0.15, 0.2) is 47.3 Å². The molecule has 2 aromatic carbocycles. The minimum atomic E-state index is -0.513. The van der Waals surface area contributed by atoms with E-state index in [-0.39, 0.29) is 19.0 Å². The highest BCUT2D eigenvalue weighted by atomic mass is 16.7. The molecule has 0 fully saturated rings. The van der Waals surface area contributed by atoms with Crippen molar-refractivity contribution in [3.8, 4) is 11.5 Å². The number of nitrogens with zero attached hydrogens (tertiary/aromatic N) is 2. The number of fused-ring (bicyclic) bond motifs is 2. The van der Waals surface area contributed by atoms with Crippen LogP contribution in [0, 0.1) is 0 Å². The maximum absolute atomic E-state index is 12.7. The average molecular weight is 396 g/mol. The van der Waals surface area contributed by atoms with Gasteiger partial charge in [-0.2, -0.15) is 0 Å². The normalized spacial score (nSPS) is 12.2. The Kier molecular flexibility index (Phi) is 4.94. The van der Waals surface area contributed by atoms with Crippen molar-refractivity contribution in [3.05, 3.63) is 58.5 Å². The van der Waals surface area contributed by atoms with Gasteiger partial charge in [-0.15, -0.1) is 0 Å². The molecule has 0 saturated carbocycles. The molecule has 0 unspecified atom stereocenters. The summed E-state index contributed by atoms with van der Waals surface area (Å²) < 4.78 is 13.5. The van der Waals surface area contributed by atoms with Crippen LogP contribution in [0.25, 0.3) is 11.0 Å². The minimum Gasteiger partial charge on any atom is -0.454 e. The van der Waals surface area contributed by atoms with Gasteiger partial charge in [-0.25, -0.2) is 4.79 Å². The number of aromatic nitrogens is 2. The standard InChI is InChI=1S/C20H20N4O5/c1-2-9-23-14-5-3-4-6-15(14)24(20(23)27)11-18(25)21-22-19(26)13-7-8-16-17(10-13)29-12-28-16/h3-8,10H,2,9,11-12H2,1H3,(H,21,25)(H,22,26). The molecule has 9 nitrogen and oxygen atoms in total. The highest BCUT2D eigenvalue weighted by Gasteiger charge is 2.18. The summed E-state index contributed by atoms with van der Waals surface area (Å²) in [5.41, 5.74) is 6.20. The topological polar surface area (TPSA) is 104 Å². The van der Waals surface area contributed by atoms with Gasteiger partial charge in [-0.05, 0) is 36.8 Å². The summed E-state index contributed by atoms with van der Waals surface area (Å²) in [5.74, 6) is 0.0192. The number of carbonyl (C=O) groups excluding carboxylic acids is 2. The van der Waals surface area contributed by atoms with Gasteiger partial charge >= 0.3 is 5.69 Å². The van der Waals surface area contributed by atoms with E-state index < -0.39 is 11.8 Å². The van der Waals surface area contributed by atoms with Gasteiger partial charge in [0, 0.05) is 12.1 Å². The van der Waals surface area contributed by atoms with Crippen molar-refractivity contribution in [2.24, 2.45) is 0 Å². The van der Waals surface area contributed by atoms with Gasteiger partial charge in [0.25, 0.3) is 11.8 Å². The van der Waals surface area contributed by atoms with E-state index in [1.807, 2.05) is 25.1 Å². The molecule has 0 radical (unpaired) electrons. The third-order valence-corrected chi connectivity index (χ3v) is 4.62. The third-order valence-electron chi connectivity index (χ3n) is 4.62. The summed E-state index contributed by atoms with van der Waals surface area (Å²) >= 11 is 0. The summed E-state index contributed by atoms with van der Waals surface area (Å²) in [5, 5.41) is 0. The van der Waals surface area contributed by atoms with Crippen molar-refractivity contribution in [3.63, 3.8) is 0 Å². The first-order chi connectivity index (χ1) is 14.1. The van der Waals surface area contributed by atoms with Crippen LogP contribution >= 0.6 is 0 Å². The zero-order valence-electron chi connectivity index (χ0n) is 15.8. The lowest BCUT2D eigenvalue weighted by atomic mass is 10.2. The first-order valence-electron chi connectivity index (χ1n) is 9.25. The maximum atomic E-state index is 12.7. The Morgan fingerprint density at radius 2 is 1.72 bits per heavy atom. The molecule has 9 heteroatoms. The van der Waals surface area contributed by atoms with Gasteiger partial charge in [-0.1, -0.05) is 19.1 Å². The summed E-state index contributed by atoms with van der Waals surface area (Å²) in [4.78, 5) is 37.3. The molecular weight excluding hydrogens is 376 g/mol. The number of hydrogen-bond acceptors (Lipinski definition) is 5. The van der Waals surface area contributed by atoms with Crippen molar-refractivity contribution >= 4 is 22.8 Å². The van der Waals surface area contributed by atoms with Crippen molar-refractivity contribution in [1.29, 1.82) is 0 Å². The zero-order chi connectivity index (χ0) is 20.4. The van der Waals surface area contributed by atoms with E-state index in [1.165, 1.54) is 10.6 Å². The number of amides is 2. The number of hydrazine groups is 1. The quantitative estimate of drug-likeness (QED) is 0.635. The molecular formula is C20H20N4O5. The molecule has 2 heterocycles. The zero-order valence-corrected chi connectivity index (χ0v) is 15.8. The van der Waals surface area contributed by atoms with Crippen LogP contribution in [0.2, 0.25) is 0 Å². The summed E-state index contributed by atoms with van der Waals surface area (Å²) in [6, 6.07) is 12.0. The van der Waals surface area contributed by atoms with Gasteiger partial charge in [0.05, 0.1) is 11.0 Å². The van der Waals surface area contributed by atoms with E-state index >= 15 is 0 Å². The average Bonchev–Trinajstić information content (AvgIpc) is 3.30.